The van der Waals surface area contributed by atoms with Gasteiger partial charge in [-0.25, -0.2) is 4.79 Å². The number of carbonyl (C=O) groups is 2. The van der Waals surface area contributed by atoms with Gasteiger partial charge in [0, 0.05) is 5.56 Å². The minimum atomic E-state index is -1.19. The Bertz CT molecular complexity index is 727. The molecule has 0 saturated heterocycles. The Morgan fingerprint density at radius 3 is 2.27 bits per heavy atom. The highest BCUT2D eigenvalue weighted by Gasteiger charge is 2.15. The van der Waals surface area contributed by atoms with Gasteiger partial charge in [0.1, 0.15) is 0 Å². The van der Waals surface area contributed by atoms with Crippen LogP contribution in [0.2, 0.25) is 10.0 Å². The minimum absolute atomic E-state index is 0.0165. The molecule has 0 aliphatic heterocycles. The van der Waals surface area contributed by atoms with Gasteiger partial charge in [0.15, 0.2) is 0 Å². The number of hydrogen-bond donors (Lipinski definition) is 2. The van der Waals surface area contributed by atoms with Crippen molar-refractivity contribution in [2.24, 2.45) is 0 Å². The van der Waals surface area contributed by atoms with Gasteiger partial charge in [-0.15, -0.1) is 0 Å². The molecule has 0 radical (unpaired) electrons. The first-order valence-corrected chi connectivity index (χ1v) is 7.30. The standard InChI is InChI=1S/C16H13Cl2NO3/c1-2-9-3-5-10(6-4-9)15(20)19-14-7-11(16(21)22)12(17)8-13(14)18/h3-8H,2H2,1H3,(H,19,20)(H,21,22). The lowest BCUT2D eigenvalue weighted by Crippen LogP contribution is -2.13. The predicted octanol–water partition coefficient (Wildman–Crippen LogP) is 4.51. The van der Waals surface area contributed by atoms with Crippen molar-refractivity contribution in [1.29, 1.82) is 0 Å². The molecule has 0 aliphatic carbocycles. The first-order valence-electron chi connectivity index (χ1n) is 6.55. The monoisotopic (exact) mass is 337 g/mol. The third-order valence-electron chi connectivity index (χ3n) is 3.16. The lowest BCUT2D eigenvalue weighted by Gasteiger charge is -2.10. The Morgan fingerprint density at radius 1 is 1.09 bits per heavy atom. The summed E-state index contributed by atoms with van der Waals surface area (Å²) in [7, 11) is 0. The zero-order valence-electron chi connectivity index (χ0n) is 11.7. The van der Waals surface area contributed by atoms with Crippen molar-refractivity contribution in [3.63, 3.8) is 0 Å². The Morgan fingerprint density at radius 2 is 1.73 bits per heavy atom. The largest absolute Gasteiger partial charge is 0.478 e. The van der Waals surface area contributed by atoms with Crippen molar-refractivity contribution in [2.75, 3.05) is 5.32 Å². The van der Waals surface area contributed by atoms with Crippen LogP contribution in [-0.2, 0) is 6.42 Å². The van der Waals surface area contributed by atoms with E-state index in [2.05, 4.69) is 5.32 Å². The lowest BCUT2D eigenvalue weighted by molar-refractivity contribution is 0.0696. The predicted molar refractivity (Wildman–Crippen MR) is 87.2 cm³/mol. The topological polar surface area (TPSA) is 66.4 Å². The van der Waals surface area contributed by atoms with Crippen molar-refractivity contribution in [2.45, 2.75) is 13.3 Å². The number of halogens is 2. The van der Waals surface area contributed by atoms with Gasteiger partial charge in [-0.05, 0) is 36.2 Å². The van der Waals surface area contributed by atoms with Gasteiger partial charge in [-0.2, -0.15) is 0 Å². The molecule has 0 spiro atoms. The van der Waals surface area contributed by atoms with Gasteiger partial charge < -0.3 is 10.4 Å². The van der Waals surface area contributed by atoms with Gasteiger partial charge >= 0.3 is 5.97 Å². The summed E-state index contributed by atoms with van der Waals surface area (Å²) < 4.78 is 0. The van der Waals surface area contributed by atoms with Crippen LogP contribution in [-0.4, -0.2) is 17.0 Å². The molecule has 0 saturated carbocycles. The maximum absolute atomic E-state index is 12.2. The number of rotatable bonds is 4. The summed E-state index contributed by atoms with van der Waals surface area (Å²) in [6.07, 6.45) is 0.882. The second-order valence-corrected chi connectivity index (χ2v) is 5.44. The fourth-order valence-corrected chi connectivity index (χ4v) is 2.41. The van der Waals surface area contributed by atoms with Crippen LogP contribution in [0.3, 0.4) is 0 Å². The number of carboxylic acids is 1. The van der Waals surface area contributed by atoms with Crippen LogP contribution >= 0.6 is 23.2 Å². The van der Waals surface area contributed by atoms with Crippen LogP contribution in [0.5, 0.6) is 0 Å². The zero-order valence-corrected chi connectivity index (χ0v) is 13.2. The molecule has 0 aromatic heterocycles. The Labute approximate surface area is 137 Å². The summed E-state index contributed by atoms with van der Waals surface area (Å²) in [5, 5.41) is 11.8. The van der Waals surface area contributed by atoms with E-state index in [1.807, 2.05) is 19.1 Å². The van der Waals surface area contributed by atoms with Crippen molar-refractivity contribution in [3.05, 3.63) is 63.1 Å². The Balaban J connectivity index is 2.27. The summed E-state index contributed by atoms with van der Waals surface area (Å²) in [6, 6.07) is 9.67. The number of nitrogens with one attached hydrogen (secondary N) is 1. The van der Waals surface area contributed by atoms with E-state index in [1.54, 1.807) is 12.1 Å². The second kappa shape index (κ2) is 6.81. The fourth-order valence-electron chi connectivity index (χ4n) is 1.89. The van der Waals surface area contributed by atoms with E-state index < -0.39 is 5.97 Å². The van der Waals surface area contributed by atoms with Crippen LogP contribution in [0, 0.1) is 0 Å². The second-order valence-electron chi connectivity index (χ2n) is 4.62. The van der Waals surface area contributed by atoms with Gasteiger partial charge in [0.25, 0.3) is 5.91 Å². The van der Waals surface area contributed by atoms with Crippen molar-refractivity contribution in [3.8, 4) is 0 Å². The molecule has 0 unspecified atom stereocenters. The van der Waals surface area contributed by atoms with Crippen molar-refractivity contribution < 1.29 is 14.7 Å². The number of carboxylic acid groups (broad SMARTS) is 1. The maximum atomic E-state index is 12.2. The van der Waals surface area contributed by atoms with Crippen LogP contribution in [0.1, 0.15) is 33.2 Å². The first kappa shape index (κ1) is 16.3. The smallest absolute Gasteiger partial charge is 0.337 e. The van der Waals surface area contributed by atoms with Crippen molar-refractivity contribution >= 4 is 40.8 Å². The summed E-state index contributed by atoms with van der Waals surface area (Å²) in [6.45, 7) is 2.02. The van der Waals surface area contributed by atoms with Gasteiger partial charge in [-0.3, -0.25) is 4.79 Å². The third kappa shape index (κ3) is 3.59. The molecule has 2 aromatic rings. The fraction of sp³-hybridized carbons (Fsp3) is 0.125. The number of hydrogen-bond acceptors (Lipinski definition) is 2. The van der Waals surface area contributed by atoms with E-state index in [-0.39, 0.29) is 27.2 Å². The highest BCUT2D eigenvalue weighted by Crippen LogP contribution is 2.29. The molecule has 6 heteroatoms. The van der Waals surface area contributed by atoms with Crippen LogP contribution in [0.4, 0.5) is 5.69 Å². The molecule has 22 heavy (non-hydrogen) atoms. The molecule has 0 fully saturated rings. The maximum Gasteiger partial charge on any atom is 0.337 e. The van der Waals surface area contributed by atoms with Gasteiger partial charge in [-0.1, -0.05) is 42.3 Å². The first-order chi connectivity index (χ1) is 10.4. The third-order valence-corrected chi connectivity index (χ3v) is 3.79. The van der Waals surface area contributed by atoms with E-state index in [9.17, 15) is 9.59 Å². The van der Waals surface area contributed by atoms with Crippen LogP contribution in [0.15, 0.2) is 36.4 Å². The average Bonchev–Trinajstić information content (AvgIpc) is 2.49. The molecule has 0 bridgehead atoms. The lowest BCUT2D eigenvalue weighted by atomic mass is 10.1. The summed E-state index contributed by atoms with van der Waals surface area (Å²) >= 11 is 11.8. The Kier molecular flexibility index (Phi) is 5.06. The minimum Gasteiger partial charge on any atom is -0.478 e. The molecule has 4 nitrogen and oxygen atoms in total. The highest BCUT2D eigenvalue weighted by atomic mass is 35.5. The van der Waals surface area contributed by atoms with E-state index in [4.69, 9.17) is 28.3 Å². The number of anilines is 1. The summed E-state index contributed by atoms with van der Waals surface area (Å²) in [5.41, 5.74) is 1.66. The zero-order chi connectivity index (χ0) is 16.3. The average molecular weight is 338 g/mol. The van der Waals surface area contributed by atoms with E-state index in [0.29, 0.717) is 5.56 Å². The van der Waals surface area contributed by atoms with Crippen LogP contribution in [0.25, 0.3) is 0 Å². The van der Waals surface area contributed by atoms with Gasteiger partial charge in [0.2, 0.25) is 0 Å². The molecule has 1 amide bonds. The summed E-state index contributed by atoms with van der Waals surface area (Å²) in [5.74, 6) is -1.56. The van der Waals surface area contributed by atoms with E-state index in [0.717, 1.165) is 12.0 Å². The van der Waals surface area contributed by atoms with E-state index in [1.165, 1.54) is 12.1 Å². The SMILES string of the molecule is CCc1ccc(C(=O)Nc2cc(C(=O)O)c(Cl)cc2Cl)cc1. The highest BCUT2D eigenvalue weighted by molar-refractivity contribution is 6.38. The van der Waals surface area contributed by atoms with Gasteiger partial charge in [0.05, 0.1) is 21.3 Å². The van der Waals surface area contributed by atoms with Crippen LogP contribution < -0.4 is 5.32 Å². The quantitative estimate of drug-likeness (QED) is 0.862. The molecule has 0 aliphatic rings. The molecular formula is C16H13Cl2NO3. The molecule has 0 atom stereocenters. The van der Waals surface area contributed by atoms with E-state index >= 15 is 0 Å². The molecule has 2 rings (SSSR count). The number of aryl methyl sites for hydroxylation is 1. The molecule has 2 aromatic carbocycles. The molecular weight excluding hydrogens is 325 g/mol. The number of benzene rings is 2. The number of aromatic carboxylic acids is 1. The molecule has 114 valence electrons. The Hall–Kier alpha value is -2.04. The number of carbonyl (C=O) groups excluding carboxylic acids is 1. The molecule has 2 N–H and O–H groups in total. The number of amides is 1. The summed E-state index contributed by atoms with van der Waals surface area (Å²) in [4.78, 5) is 23.3. The van der Waals surface area contributed by atoms with Crippen molar-refractivity contribution in [1.82, 2.24) is 0 Å². The normalized spacial score (nSPS) is 10.3. The molecule has 0 heterocycles.